The Morgan fingerprint density at radius 1 is 1.16 bits per heavy atom. The monoisotopic (exact) mass is 530 g/mol. The third kappa shape index (κ3) is 5.51. The van der Waals surface area contributed by atoms with Crippen molar-refractivity contribution in [2.45, 2.75) is 51.9 Å². The van der Waals surface area contributed by atoms with Crippen LogP contribution >= 0.6 is 0 Å². The number of carboxylic acid groups (broad SMARTS) is 1. The smallest absolute Gasteiger partial charge is 0.480 e. The maximum atomic E-state index is 13.1. The Balaban J connectivity index is 0.000000426. The van der Waals surface area contributed by atoms with E-state index in [2.05, 4.69) is 29.5 Å². The predicted molar refractivity (Wildman–Crippen MR) is 133 cm³/mol. The van der Waals surface area contributed by atoms with Gasteiger partial charge in [0, 0.05) is 50.4 Å². The normalized spacial score (nSPS) is 15.7. The number of hydrogen-bond donors (Lipinski definition) is 1. The van der Waals surface area contributed by atoms with E-state index in [-0.39, 0.29) is 5.91 Å². The van der Waals surface area contributed by atoms with E-state index in [1.54, 1.807) is 12.4 Å². The second-order valence-corrected chi connectivity index (χ2v) is 9.93. The van der Waals surface area contributed by atoms with E-state index in [4.69, 9.17) is 19.6 Å². The predicted octanol–water partition coefficient (Wildman–Crippen LogP) is 5.07. The first-order valence-electron chi connectivity index (χ1n) is 12.3. The van der Waals surface area contributed by atoms with Crippen LogP contribution in [0.2, 0.25) is 0 Å². The van der Waals surface area contributed by atoms with E-state index >= 15 is 0 Å². The lowest BCUT2D eigenvalue weighted by molar-refractivity contribution is -0.192. The van der Waals surface area contributed by atoms with Gasteiger partial charge in [0.05, 0.1) is 23.3 Å². The van der Waals surface area contributed by atoms with E-state index < -0.39 is 17.7 Å². The average Bonchev–Trinajstić information content (AvgIpc) is 3.28. The Morgan fingerprint density at radius 3 is 2.42 bits per heavy atom. The zero-order valence-electron chi connectivity index (χ0n) is 21.3. The summed E-state index contributed by atoms with van der Waals surface area (Å²) in [5, 5.41) is 7.12. The van der Waals surface area contributed by atoms with Crippen LogP contribution in [0, 0.1) is 12.8 Å². The molecular weight excluding hydrogens is 501 g/mol. The molecule has 1 amide bonds. The molecule has 202 valence electrons. The molecule has 1 spiro atoms. The number of hydrogen-bond acceptors (Lipinski definition) is 5. The fourth-order valence-electron chi connectivity index (χ4n) is 4.86. The summed E-state index contributed by atoms with van der Waals surface area (Å²) in [6, 6.07) is 10.0. The van der Waals surface area contributed by atoms with Crippen molar-refractivity contribution in [2.75, 3.05) is 13.1 Å². The SMILES string of the molecule is Cc1cncc(C(=O)N2CCC3(CC2)Oc2ccccc2-c2ncn(CC(C)C)c23)c1.O=C(O)C(F)(F)F. The molecule has 38 heavy (non-hydrogen) atoms. The number of pyridine rings is 1. The summed E-state index contributed by atoms with van der Waals surface area (Å²) >= 11 is 0. The summed E-state index contributed by atoms with van der Waals surface area (Å²) in [7, 11) is 0. The van der Waals surface area contributed by atoms with Crippen LogP contribution in [-0.2, 0) is 16.9 Å². The third-order valence-electron chi connectivity index (χ3n) is 6.50. The standard InChI is InChI=1S/C25H28N4O2.C2HF3O2/c1-17(2)15-29-16-27-22-20-6-4-5-7-21(20)31-25(23(22)29)8-10-28(11-9-25)24(30)19-12-18(3)13-26-14-19;3-2(4,5)1(6)7/h4-7,12-14,16-17H,8-11,15H2,1-3H3;(H,6,7). The summed E-state index contributed by atoms with van der Waals surface area (Å²) < 4.78 is 40.7. The summed E-state index contributed by atoms with van der Waals surface area (Å²) in [5.41, 5.74) is 4.41. The molecule has 0 atom stereocenters. The molecule has 4 heterocycles. The van der Waals surface area contributed by atoms with E-state index in [1.165, 1.54) is 0 Å². The number of aryl methyl sites for hydroxylation is 1. The highest BCUT2D eigenvalue weighted by molar-refractivity contribution is 5.94. The van der Waals surface area contributed by atoms with Crippen molar-refractivity contribution in [3.63, 3.8) is 0 Å². The molecule has 8 nitrogen and oxygen atoms in total. The number of carboxylic acids is 1. The number of ether oxygens (including phenoxy) is 1. The highest BCUT2D eigenvalue weighted by atomic mass is 19.4. The van der Waals surface area contributed by atoms with Gasteiger partial charge in [-0.1, -0.05) is 26.0 Å². The zero-order valence-corrected chi connectivity index (χ0v) is 21.3. The first-order valence-corrected chi connectivity index (χ1v) is 12.3. The van der Waals surface area contributed by atoms with Crippen molar-refractivity contribution in [3.8, 4) is 17.0 Å². The molecule has 1 N–H and O–H groups in total. The lowest BCUT2D eigenvalue weighted by Crippen LogP contribution is -2.50. The molecule has 0 bridgehead atoms. The van der Waals surface area contributed by atoms with Gasteiger partial charge in [-0.25, -0.2) is 9.78 Å². The number of rotatable bonds is 3. The van der Waals surface area contributed by atoms with Gasteiger partial charge in [-0.05, 0) is 36.6 Å². The Bertz CT molecular complexity index is 1330. The zero-order chi connectivity index (χ0) is 27.7. The number of alkyl halides is 3. The molecule has 1 saturated heterocycles. The first-order chi connectivity index (χ1) is 17.9. The second kappa shape index (κ2) is 10.5. The first kappa shape index (κ1) is 27.2. The van der Waals surface area contributed by atoms with E-state index in [1.807, 2.05) is 42.4 Å². The van der Waals surface area contributed by atoms with Crippen LogP contribution < -0.4 is 4.74 Å². The molecule has 0 unspecified atom stereocenters. The van der Waals surface area contributed by atoms with Gasteiger partial charge in [-0.2, -0.15) is 13.2 Å². The van der Waals surface area contributed by atoms with Gasteiger partial charge in [-0.3, -0.25) is 9.78 Å². The number of likely N-dealkylation sites (tertiary alicyclic amines) is 1. The molecule has 2 aliphatic heterocycles. The van der Waals surface area contributed by atoms with Crippen LogP contribution in [0.25, 0.3) is 11.3 Å². The number of halogens is 3. The van der Waals surface area contributed by atoms with E-state index in [0.29, 0.717) is 24.6 Å². The number of nitrogens with zero attached hydrogens (tertiary/aromatic N) is 4. The van der Waals surface area contributed by atoms with Crippen LogP contribution in [0.3, 0.4) is 0 Å². The minimum absolute atomic E-state index is 0.0400. The van der Waals surface area contributed by atoms with Crippen molar-refractivity contribution < 1.29 is 32.6 Å². The van der Waals surface area contributed by atoms with E-state index in [0.717, 1.165) is 47.7 Å². The van der Waals surface area contributed by atoms with E-state index in [9.17, 15) is 18.0 Å². The largest absolute Gasteiger partial charge is 0.490 e. The number of carbonyl (C=O) groups is 2. The topological polar surface area (TPSA) is 97.6 Å². The molecule has 0 aliphatic carbocycles. The summed E-state index contributed by atoms with van der Waals surface area (Å²) in [4.78, 5) is 32.9. The number of benzene rings is 1. The number of aliphatic carboxylic acids is 1. The molecule has 0 radical (unpaired) electrons. The van der Waals surface area contributed by atoms with Crippen molar-refractivity contribution in [1.29, 1.82) is 0 Å². The van der Waals surface area contributed by atoms with Gasteiger partial charge < -0.3 is 19.3 Å². The van der Waals surface area contributed by atoms with Gasteiger partial charge in [-0.15, -0.1) is 0 Å². The van der Waals surface area contributed by atoms with Gasteiger partial charge in [0.15, 0.2) is 5.60 Å². The number of amides is 1. The van der Waals surface area contributed by atoms with Crippen LogP contribution in [0.4, 0.5) is 13.2 Å². The molecule has 2 aromatic heterocycles. The summed E-state index contributed by atoms with van der Waals surface area (Å²) in [5.74, 6) is -1.33. The molecule has 11 heteroatoms. The van der Waals surface area contributed by atoms with Gasteiger partial charge >= 0.3 is 12.1 Å². The highest BCUT2D eigenvalue weighted by Gasteiger charge is 2.47. The maximum absolute atomic E-state index is 13.1. The quantitative estimate of drug-likeness (QED) is 0.508. The molecule has 1 fully saturated rings. The molecule has 1 aromatic carbocycles. The van der Waals surface area contributed by atoms with Crippen molar-refractivity contribution in [1.82, 2.24) is 19.4 Å². The van der Waals surface area contributed by atoms with Crippen molar-refractivity contribution in [2.24, 2.45) is 5.92 Å². The molecule has 2 aliphatic rings. The number of fused-ring (bicyclic) bond motifs is 4. The fourth-order valence-corrected chi connectivity index (χ4v) is 4.86. The van der Waals surface area contributed by atoms with Crippen molar-refractivity contribution >= 4 is 11.9 Å². The number of piperidine rings is 1. The number of carbonyl (C=O) groups excluding carboxylic acids is 1. The lowest BCUT2D eigenvalue weighted by Gasteiger charge is -2.44. The Hall–Kier alpha value is -3.89. The van der Waals surface area contributed by atoms with Crippen LogP contribution in [-0.4, -0.2) is 55.7 Å². The molecular formula is C27H29F3N4O4. The van der Waals surface area contributed by atoms with Crippen LogP contribution in [0.15, 0.2) is 49.1 Å². The third-order valence-corrected chi connectivity index (χ3v) is 6.50. The Morgan fingerprint density at radius 2 is 1.82 bits per heavy atom. The molecule has 5 rings (SSSR count). The minimum atomic E-state index is -5.08. The summed E-state index contributed by atoms with van der Waals surface area (Å²) in [6.45, 7) is 8.57. The lowest BCUT2D eigenvalue weighted by atomic mass is 9.83. The number of para-hydroxylation sites is 1. The number of aromatic nitrogens is 3. The molecule has 0 saturated carbocycles. The second-order valence-electron chi connectivity index (χ2n) is 9.93. The highest BCUT2D eigenvalue weighted by Crippen LogP contribution is 2.49. The summed E-state index contributed by atoms with van der Waals surface area (Å²) in [6.07, 6.45) is 1.77. The van der Waals surface area contributed by atoms with Crippen molar-refractivity contribution in [3.05, 3.63) is 65.9 Å². The number of imidazole rings is 1. The maximum Gasteiger partial charge on any atom is 0.490 e. The fraction of sp³-hybridized carbons (Fsp3) is 0.407. The Kier molecular flexibility index (Phi) is 7.48. The van der Waals surface area contributed by atoms with Crippen LogP contribution in [0.1, 0.15) is 48.3 Å². The van der Waals surface area contributed by atoms with Crippen LogP contribution in [0.5, 0.6) is 5.75 Å². The average molecular weight is 531 g/mol. The molecule has 3 aromatic rings. The van der Waals surface area contributed by atoms with Gasteiger partial charge in [0.2, 0.25) is 0 Å². The van der Waals surface area contributed by atoms with Gasteiger partial charge in [0.25, 0.3) is 5.91 Å². The van der Waals surface area contributed by atoms with Gasteiger partial charge in [0.1, 0.15) is 5.75 Å². The Labute approximate surface area is 218 Å². The minimum Gasteiger partial charge on any atom is -0.480 e.